The highest BCUT2D eigenvalue weighted by Crippen LogP contribution is 2.31. The zero-order valence-electron chi connectivity index (χ0n) is 16.5. The van der Waals surface area contributed by atoms with Crippen LogP contribution in [-0.2, 0) is 4.79 Å². The third-order valence-corrected chi connectivity index (χ3v) is 5.70. The predicted octanol–water partition coefficient (Wildman–Crippen LogP) is 2.96. The third-order valence-electron chi connectivity index (χ3n) is 5.70. The Bertz CT molecular complexity index is 626. The summed E-state index contributed by atoms with van der Waals surface area (Å²) in [6.45, 7) is 7.30. The fourth-order valence-corrected chi connectivity index (χ4v) is 4.40. The van der Waals surface area contributed by atoms with Crippen molar-refractivity contribution in [3.05, 3.63) is 41.5 Å². The highest BCUT2D eigenvalue weighted by Gasteiger charge is 2.38. The molecular weight excluding hydrogens is 322 g/mol. The summed E-state index contributed by atoms with van der Waals surface area (Å²) in [6.07, 6.45) is 5.18. The molecule has 1 amide bonds. The van der Waals surface area contributed by atoms with Gasteiger partial charge in [-0.25, -0.2) is 0 Å². The van der Waals surface area contributed by atoms with Crippen molar-refractivity contribution in [3.63, 3.8) is 0 Å². The van der Waals surface area contributed by atoms with E-state index in [1.54, 1.807) is 0 Å². The monoisotopic (exact) mass is 355 g/mol. The lowest BCUT2D eigenvalue weighted by molar-refractivity contribution is -0.141. The highest BCUT2D eigenvalue weighted by molar-refractivity contribution is 5.77. The molecule has 0 spiro atoms. The number of amides is 1. The fourth-order valence-electron chi connectivity index (χ4n) is 4.40. The van der Waals surface area contributed by atoms with Gasteiger partial charge in [0.05, 0.1) is 0 Å². The molecule has 0 N–H and O–H groups in total. The molecule has 142 valence electrons. The molecule has 0 aromatic heterocycles. The van der Waals surface area contributed by atoms with Gasteiger partial charge >= 0.3 is 0 Å². The lowest BCUT2D eigenvalue weighted by Crippen LogP contribution is -2.57. The highest BCUT2D eigenvalue weighted by atomic mass is 16.2. The van der Waals surface area contributed by atoms with Gasteiger partial charge in [0.1, 0.15) is 0 Å². The lowest BCUT2D eigenvalue weighted by Gasteiger charge is -2.47. The van der Waals surface area contributed by atoms with E-state index in [0.717, 1.165) is 52.0 Å². The van der Waals surface area contributed by atoms with E-state index < -0.39 is 0 Å². The van der Waals surface area contributed by atoms with Crippen LogP contribution in [0.5, 0.6) is 0 Å². The average Bonchev–Trinajstić information content (AvgIpc) is 2.61. The minimum Gasteiger partial charge on any atom is -0.338 e. The number of rotatable bonds is 6. The Morgan fingerprint density at radius 1 is 1.23 bits per heavy atom. The number of likely N-dealkylation sites (N-methyl/N-ethyl adjacent to an activating group) is 1. The van der Waals surface area contributed by atoms with E-state index in [4.69, 9.17) is 0 Å². The molecule has 0 aliphatic carbocycles. The Labute approximate surface area is 158 Å². The number of carbonyl (C=O) groups is 1. The Hall–Kier alpha value is -1.65. The van der Waals surface area contributed by atoms with Crippen LogP contribution in [0.15, 0.2) is 35.9 Å². The fraction of sp³-hybridized carbons (Fsp3) is 0.591. The summed E-state index contributed by atoms with van der Waals surface area (Å²) in [5.74, 6) is 0.995. The molecule has 0 saturated carbocycles. The van der Waals surface area contributed by atoms with E-state index in [-0.39, 0.29) is 0 Å². The topological polar surface area (TPSA) is 26.8 Å². The average molecular weight is 356 g/mol. The van der Waals surface area contributed by atoms with Crippen molar-refractivity contribution in [2.45, 2.75) is 32.2 Å². The summed E-state index contributed by atoms with van der Waals surface area (Å²) < 4.78 is 0. The largest absolute Gasteiger partial charge is 0.338 e. The molecule has 2 aliphatic rings. The molecule has 2 aliphatic heterocycles. The van der Waals surface area contributed by atoms with Crippen molar-refractivity contribution >= 4 is 12.0 Å². The molecule has 2 fully saturated rings. The van der Waals surface area contributed by atoms with Crippen molar-refractivity contribution < 1.29 is 4.79 Å². The Morgan fingerprint density at radius 2 is 2.00 bits per heavy atom. The van der Waals surface area contributed by atoms with Gasteiger partial charge in [-0.2, -0.15) is 0 Å². The van der Waals surface area contributed by atoms with Gasteiger partial charge in [-0.15, -0.1) is 0 Å². The van der Waals surface area contributed by atoms with Crippen molar-refractivity contribution in [3.8, 4) is 0 Å². The molecule has 0 bridgehead atoms. The van der Waals surface area contributed by atoms with Gasteiger partial charge in [-0.1, -0.05) is 42.0 Å². The maximum absolute atomic E-state index is 12.4. The minimum atomic E-state index is 0.363. The second kappa shape index (κ2) is 8.83. The van der Waals surface area contributed by atoms with Crippen LogP contribution in [0.2, 0.25) is 0 Å². The van der Waals surface area contributed by atoms with Crippen LogP contribution >= 0.6 is 0 Å². The molecule has 2 saturated heterocycles. The number of hydrogen-bond acceptors (Lipinski definition) is 3. The maximum Gasteiger partial charge on any atom is 0.222 e. The van der Waals surface area contributed by atoms with Gasteiger partial charge in [0.25, 0.3) is 0 Å². The molecule has 1 aromatic carbocycles. The molecule has 3 rings (SSSR count). The summed E-state index contributed by atoms with van der Waals surface area (Å²) in [6, 6.07) is 11.0. The van der Waals surface area contributed by atoms with Crippen LogP contribution in [-0.4, -0.2) is 73.5 Å². The van der Waals surface area contributed by atoms with E-state index in [1.165, 1.54) is 11.1 Å². The van der Waals surface area contributed by atoms with E-state index in [9.17, 15) is 4.79 Å². The first-order valence-electron chi connectivity index (χ1n) is 9.91. The maximum atomic E-state index is 12.4. The molecule has 0 radical (unpaired) electrons. The first-order chi connectivity index (χ1) is 12.5. The number of likely N-dealkylation sites (tertiary alicyclic amines) is 2. The lowest BCUT2D eigenvalue weighted by atomic mass is 9.83. The summed E-state index contributed by atoms with van der Waals surface area (Å²) in [5.41, 5.74) is 2.68. The van der Waals surface area contributed by atoms with E-state index >= 15 is 0 Å². The molecule has 1 aromatic rings. The normalized spacial score (nSPS) is 24.8. The second-order valence-corrected chi connectivity index (χ2v) is 8.18. The summed E-state index contributed by atoms with van der Waals surface area (Å²) in [5, 5.41) is 0. The third kappa shape index (κ3) is 4.95. The number of fused-ring (bicyclic) bond motifs is 1. The second-order valence-electron chi connectivity index (χ2n) is 8.18. The smallest absolute Gasteiger partial charge is 0.222 e. The van der Waals surface area contributed by atoms with Crippen molar-refractivity contribution in [2.75, 3.05) is 46.8 Å². The van der Waals surface area contributed by atoms with E-state index in [1.807, 2.05) is 0 Å². The molecule has 26 heavy (non-hydrogen) atoms. The van der Waals surface area contributed by atoms with Gasteiger partial charge in [0.15, 0.2) is 0 Å². The number of hydrogen-bond donors (Lipinski definition) is 0. The number of carbonyl (C=O) groups excluding carboxylic acids is 1. The van der Waals surface area contributed by atoms with Gasteiger partial charge < -0.3 is 9.80 Å². The Balaban J connectivity index is 1.57. The summed E-state index contributed by atoms with van der Waals surface area (Å²) >= 11 is 0. The van der Waals surface area contributed by atoms with Crippen LogP contribution in [0.4, 0.5) is 0 Å². The van der Waals surface area contributed by atoms with Gasteiger partial charge in [0.2, 0.25) is 5.91 Å². The summed E-state index contributed by atoms with van der Waals surface area (Å²) in [7, 11) is 4.16. The molecule has 2 atom stereocenters. The van der Waals surface area contributed by atoms with Crippen LogP contribution in [0.1, 0.15) is 31.7 Å². The predicted molar refractivity (Wildman–Crippen MR) is 108 cm³/mol. The van der Waals surface area contributed by atoms with Crippen LogP contribution in [0.25, 0.3) is 6.08 Å². The SMILES string of the molecule is C/C(=C\c1ccccc1)CN1CC[C@H]2[C@H](CCC(=O)N2CCN(C)C)C1. The van der Waals surface area contributed by atoms with Gasteiger partial charge in [-0.05, 0) is 45.3 Å². The van der Waals surface area contributed by atoms with E-state index in [0.29, 0.717) is 17.9 Å². The molecule has 2 heterocycles. The van der Waals surface area contributed by atoms with Crippen molar-refractivity contribution in [1.82, 2.24) is 14.7 Å². The molecular formula is C22H33N3O. The zero-order valence-corrected chi connectivity index (χ0v) is 16.5. The van der Waals surface area contributed by atoms with Crippen LogP contribution < -0.4 is 0 Å². The molecule has 4 nitrogen and oxygen atoms in total. The zero-order chi connectivity index (χ0) is 18.5. The molecule has 0 unspecified atom stereocenters. The quantitative estimate of drug-likeness (QED) is 0.785. The van der Waals surface area contributed by atoms with Crippen molar-refractivity contribution in [2.24, 2.45) is 5.92 Å². The molecule has 4 heteroatoms. The van der Waals surface area contributed by atoms with Crippen LogP contribution in [0, 0.1) is 5.92 Å². The first-order valence-corrected chi connectivity index (χ1v) is 9.91. The standard InChI is InChI=1S/C22H33N3O/c1-18(15-19-7-5-4-6-8-19)16-24-12-11-21-20(17-24)9-10-22(26)25(21)14-13-23(2)3/h4-8,15,20-21H,9-14,16-17H2,1-3H3/b18-15+/t20-,21+/m1/s1. The number of benzene rings is 1. The van der Waals surface area contributed by atoms with Gasteiger partial charge in [0, 0.05) is 45.2 Å². The Morgan fingerprint density at radius 3 is 2.73 bits per heavy atom. The Kier molecular flexibility index (Phi) is 6.49. The van der Waals surface area contributed by atoms with Crippen molar-refractivity contribution in [1.29, 1.82) is 0 Å². The first kappa shape index (κ1) is 19.1. The summed E-state index contributed by atoms with van der Waals surface area (Å²) in [4.78, 5) is 19.3. The number of nitrogens with zero attached hydrogens (tertiary/aromatic N) is 3. The van der Waals surface area contributed by atoms with Crippen LogP contribution in [0.3, 0.4) is 0 Å². The van der Waals surface area contributed by atoms with Gasteiger partial charge in [-0.3, -0.25) is 9.69 Å². The van der Waals surface area contributed by atoms with E-state index in [2.05, 4.69) is 72.1 Å². The number of piperidine rings is 2. The minimum absolute atomic E-state index is 0.363.